The number of phenols is 2. The zero-order valence-electron chi connectivity index (χ0n) is 14.9. The minimum absolute atomic E-state index is 0.00604. The number of aromatic nitrogens is 2. The normalized spacial score (nSPS) is 11.1. The molecule has 0 spiro atoms. The van der Waals surface area contributed by atoms with Gasteiger partial charge in [-0.25, -0.2) is 0 Å². The molecular formula is C22H18N4O2. The van der Waals surface area contributed by atoms with Crippen LogP contribution in [0.2, 0.25) is 0 Å². The topological polar surface area (TPSA) is 90.6 Å². The Morgan fingerprint density at radius 2 is 1.61 bits per heavy atom. The molecule has 4 aromatic rings. The third kappa shape index (κ3) is 3.76. The number of hydrogen-bond donors (Lipinski definition) is 3. The zero-order valence-corrected chi connectivity index (χ0v) is 14.9. The number of rotatable bonds is 5. The smallest absolute Gasteiger partial charge is 0.176 e. The van der Waals surface area contributed by atoms with Crippen LogP contribution in [0, 0.1) is 0 Å². The molecule has 138 valence electrons. The summed E-state index contributed by atoms with van der Waals surface area (Å²) in [4.78, 5) is 0. The Morgan fingerprint density at radius 1 is 0.857 bits per heavy atom. The lowest BCUT2D eigenvalue weighted by Gasteiger charge is -2.09. The van der Waals surface area contributed by atoms with Crippen LogP contribution < -0.4 is 5.43 Å². The molecule has 0 radical (unpaired) electrons. The highest BCUT2D eigenvalue weighted by molar-refractivity contribution is 5.93. The molecule has 4 rings (SSSR count). The van der Waals surface area contributed by atoms with Crippen LogP contribution in [0.4, 0.5) is 5.82 Å². The van der Waals surface area contributed by atoms with Gasteiger partial charge in [-0.15, -0.1) is 5.10 Å². The van der Waals surface area contributed by atoms with Gasteiger partial charge in [0.15, 0.2) is 5.82 Å². The maximum absolute atomic E-state index is 9.83. The molecule has 6 nitrogen and oxygen atoms in total. The summed E-state index contributed by atoms with van der Waals surface area (Å²) in [7, 11) is 0. The fraction of sp³-hybridized carbons (Fsp3) is 0.0455. The second-order valence-corrected chi connectivity index (χ2v) is 6.32. The number of phenolic OH excluding ortho intramolecular Hbond substituents is 2. The molecule has 0 atom stereocenters. The van der Waals surface area contributed by atoms with Gasteiger partial charge in [0.2, 0.25) is 0 Å². The summed E-state index contributed by atoms with van der Waals surface area (Å²) in [5.74, 6) is 0.468. The van der Waals surface area contributed by atoms with E-state index in [1.54, 1.807) is 6.07 Å². The van der Waals surface area contributed by atoms with Crippen LogP contribution in [-0.2, 0) is 6.42 Å². The summed E-state index contributed by atoms with van der Waals surface area (Å²) in [6.07, 6.45) is 2.16. The molecule has 0 aliphatic carbocycles. The van der Waals surface area contributed by atoms with E-state index in [0.29, 0.717) is 17.8 Å². The van der Waals surface area contributed by atoms with Gasteiger partial charge in [-0.2, -0.15) is 10.2 Å². The number of aromatic hydroxyl groups is 2. The van der Waals surface area contributed by atoms with Crippen molar-refractivity contribution in [2.75, 3.05) is 5.43 Å². The third-order valence-electron chi connectivity index (χ3n) is 4.37. The van der Waals surface area contributed by atoms with E-state index in [0.717, 1.165) is 16.5 Å². The quantitative estimate of drug-likeness (QED) is 0.364. The molecule has 1 heterocycles. The molecule has 1 aromatic heterocycles. The second kappa shape index (κ2) is 7.75. The van der Waals surface area contributed by atoms with Crippen molar-refractivity contribution in [3.8, 4) is 11.5 Å². The first kappa shape index (κ1) is 17.5. The summed E-state index contributed by atoms with van der Waals surface area (Å²) in [5.41, 5.74) is 5.43. The fourth-order valence-electron chi connectivity index (χ4n) is 2.97. The Kier molecular flexibility index (Phi) is 4.84. The van der Waals surface area contributed by atoms with Crippen LogP contribution in [0.1, 0.15) is 16.8 Å². The number of nitrogens with one attached hydrogen (secondary N) is 1. The lowest BCUT2D eigenvalue weighted by atomic mass is 10.0. The highest BCUT2D eigenvalue weighted by Gasteiger charge is 2.09. The molecule has 0 bridgehead atoms. The zero-order chi connectivity index (χ0) is 19.3. The molecule has 0 saturated heterocycles. The van der Waals surface area contributed by atoms with Crippen molar-refractivity contribution in [1.29, 1.82) is 0 Å². The van der Waals surface area contributed by atoms with E-state index in [-0.39, 0.29) is 11.5 Å². The predicted octanol–water partition coefficient (Wildman–Crippen LogP) is 4.08. The van der Waals surface area contributed by atoms with E-state index in [2.05, 4.69) is 32.9 Å². The van der Waals surface area contributed by atoms with Gasteiger partial charge in [-0.1, -0.05) is 54.6 Å². The number of anilines is 1. The highest BCUT2D eigenvalue weighted by Crippen LogP contribution is 2.25. The van der Waals surface area contributed by atoms with Crippen LogP contribution >= 0.6 is 0 Å². The molecule has 3 N–H and O–H groups in total. The summed E-state index contributed by atoms with van der Waals surface area (Å²) in [6.45, 7) is 0. The average Bonchev–Trinajstić information content (AvgIpc) is 2.72. The maximum Gasteiger partial charge on any atom is 0.176 e. The van der Waals surface area contributed by atoms with Crippen molar-refractivity contribution in [2.24, 2.45) is 5.10 Å². The lowest BCUT2D eigenvalue weighted by Crippen LogP contribution is -2.02. The summed E-state index contributed by atoms with van der Waals surface area (Å²) in [5, 5.41) is 33.9. The average molecular weight is 370 g/mol. The van der Waals surface area contributed by atoms with E-state index < -0.39 is 0 Å². The Morgan fingerprint density at radius 3 is 2.39 bits per heavy atom. The third-order valence-corrected chi connectivity index (χ3v) is 4.37. The van der Waals surface area contributed by atoms with Gasteiger partial charge in [0, 0.05) is 28.8 Å². The van der Waals surface area contributed by atoms with Crippen molar-refractivity contribution in [2.45, 2.75) is 6.42 Å². The number of hydrazone groups is 1. The summed E-state index contributed by atoms with van der Waals surface area (Å²) < 4.78 is 0. The van der Waals surface area contributed by atoms with Crippen molar-refractivity contribution in [3.05, 3.63) is 89.6 Å². The van der Waals surface area contributed by atoms with E-state index in [1.165, 1.54) is 23.9 Å². The van der Waals surface area contributed by atoms with E-state index in [9.17, 15) is 10.2 Å². The van der Waals surface area contributed by atoms with Gasteiger partial charge in [-0.3, -0.25) is 5.43 Å². The van der Waals surface area contributed by atoms with Crippen LogP contribution in [0.25, 0.3) is 10.8 Å². The van der Waals surface area contributed by atoms with E-state index >= 15 is 0 Å². The minimum atomic E-state index is -0.0558. The molecule has 0 aliphatic heterocycles. The number of hydrogen-bond acceptors (Lipinski definition) is 6. The van der Waals surface area contributed by atoms with Gasteiger partial charge in [0.25, 0.3) is 0 Å². The number of nitrogens with zero attached hydrogens (tertiary/aromatic N) is 3. The van der Waals surface area contributed by atoms with E-state index in [1.807, 2.05) is 42.5 Å². The molecule has 6 heteroatoms. The Hall–Kier alpha value is -3.93. The first-order chi connectivity index (χ1) is 13.7. The molecule has 0 amide bonds. The Balaban J connectivity index is 1.61. The highest BCUT2D eigenvalue weighted by atomic mass is 16.3. The summed E-state index contributed by atoms with van der Waals surface area (Å²) >= 11 is 0. The van der Waals surface area contributed by atoms with Gasteiger partial charge >= 0.3 is 0 Å². The molecule has 0 fully saturated rings. The predicted molar refractivity (Wildman–Crippen MR) is 110 cm³/mol. The largest absolute Gasteiger partial charge is 0.508 e. The van der Waals surface area contributed by atoms with Crippen molar-refractivity contribution >= 4 is 22.8 Å². The maximum atomic E-state index is 9.83. The van der Waals surface area contributed by atoms with Crippen LogP contribution in [0.5, 0.6) is 11.5 Å². The van der Waals surface area contributed by atoms with Crippen LogP contribution in [0.15, 0.2) is 77.9 Å². The van der Waals surface area contributed by atoms with Crippen molar-refractivity contribution in [3.63, 3.8) is 0 Å². The van der Waals surface area contributed by atoms with E-state index in [4.69, 9.17) is 0 Å². The Labute approximate surface area is 161 Å². The van der Waals surface area contributed by atoms with Crippen LogP contribution in [-0.4, -0.2) is 26.6 Å². The standard InChI is InChI=1S/C22H18N4O2/c27-17-11-10-16(21(28)13-17)14-23-25-22-19-9-5-4-8-18(19)20(24-26-22)12-15-6-2-1-3-7-15/h1-11,13-14,27-28H,12H2,(H,25,26)/b23-14+. The molecule has 0 aliphatic rings. The molecule has 0 saturated carbocycles. The number of fused-ring (bicyclic) bond motifs is 1. The van der Waals surface area contributed by atoms with Gasteiger partial charge in [0.1, 0.15) is 11.5 Å². The van der Waals surface area contributed by atoms with Gasteiger partial charge in [0.05, 0.1) is 11.9 Å². The number of benzene rings is 3. The first-order valence-corrected chi connectivity index (χ1v) is 8.80. The monoisotopic (exact) mass is 370 g/mol. The minimum Gasteiger partial charge on any atom is -0.508 e. The van der Waals surface area contributed by atoms with Crippen molar-refractivity contribution < 1.29 is 10.2 Å². The van der Waals surface area contributed by atoms with Gasteiger partial charge < -0.3 is 10.2 Å². The van der Waals surface area contributed by atoms with Crippen molar-refractivity contribution in [1.82, 2.24) is 10.2 Å². The van der Waals surface area contributed by atoms with Gasteiger partial charge in [-0.05, 0) is 17.7 Å². The SMILES string of the molecule is Oc1ccc(/C=N/Nc2nnc(Cc3ccccc3)c3ccccc23)c(O)c1. The first-order valence-electron chi connectivity index (χ1n) is 8.80. The fourth-order valence-corrected chi connectivity index (χ4v) is 2.97. The Bertz CT molecular complexity index is 1140. The lowest BCUT2D eigenvalue weighted by molar-refractivity contribution is 0.450. The second-order valence-electron chi connectivity index (χ2n) is 6.32. The van der Waals surface area contributed by atoms with Crippen LogP contribution in [0.3, 0.4) is 0 Å². The molecule has 3 aromatic carbocycles. The summed E-state index contributed by atoms with van der Waals surface area (Å²) in [6, 6.07) is 22.3. The molecule has 0 unspecified atom stereocenters. The molecular weight excluding hydrogens is 352 g/mol. The molecule has 28 heavy (non-hydrogen) atoms.